The number of rotatable bonds is 8. The predicted molar refractivity (Wildman–Crippen MR) is 120 cm³/mol. The van der Waals surface area contributed by atoms with Crippen LogP contribution in [-0.2, 0) is 22.4 Å². The molecule has 5 N–H and O–H groups in total. The smallest absolute Gasteiger partial charge is 0.330 e. The number of nitrogens with zero attached hydrogens (tertiary/aromatic N) is 3. The molecule has 13 heteroatoms. The van der Waals surface area contributed by atoms with E-state index in [1.54, 1.807) is 6.21 Å². The largest absolute Gasteiger partial charge is 0.394 e. The van der Waals surface area contributed by atoms with E-state index in [-0.39, 0.29) is 17.5 Å². The second-order valence-corrected chi connectivity index (χ2v) is 7.92. The van der Waals surface area contributed by atoms with Crippen molar-refractivity contribution in [3.63, 3.8) is 0 Å². The molecule has 2 aromatic heterocycles. The third kappa shape index (κ3) is 5.11. The summed E-state index contributed by atoms with van der Waals surface area (Å²) in [7, 11) is 0. The summed E-state index contributed by atoms with van der Waals surface area (Å²) in [4.78, 5) is 61.5. The number of H-pyrrole nitrogens is 2. The van der Waals surface area contributed by atoms with Crippen LogP contribution >= 0.6 is 0 Å². The number of nitrogens with one attached hydrogen (secondary N) is 3. The molecule has 0 radical (unpaired) electrons. The monoisotopic (exact) mass is 472 g/mol. The molecule has 0 aromatic carbocycles. The topological polar surface area (TPSA) is 192 Å². The second-order valence-electron chi connectivity index (χ2n) is 7.92. The lowest BCUT2D eigenvalue weighted by molar-refractivity contribution is -0.116. The van der Waals surface area contributed by atoms with Crippen LogP contribution in [0.4, 0.5) is 5.69 Å². The van der Waals surface area contributed by atoms with Gasteiger partial charge >= 0.3 is 5.69 Å². The molecule has 0 aliphatic carbocycles. The van der Waals surface area contributed by atoms with E-state index in [9.17, 15) is 29.4 Å². The summed E-state index contributed by atoms with van der Waals surface area (Å²) in [5.41, 5.74) is -0.668. The van der Waals surface area contributed by atoms with E-state index in [2.05, 4.69) is 25.3 Å². The number of amides is 1. The summed E-state index contributed by atoms with van der Waals surface area (Å²) in [6.45, 7) is -0.0948. The molecule has 34 heavy (non-hydrogen) atoms. The van der Waals surface area contributed by atoms with Crippen molar-refractivity contribution in [2.75, 3.05) is 13.2 Å². The first-order valence-corrected chi connectivity index (χ1v) is 10.8. The molecule has 13 nitrogen and oxygen atoms in total. The summed E-state index contributed by atoms with van der Waals surface area (Å²) in [6, 6.07) is 0. The minimum absolute atomic E-state index is 0.0439. The lowest BCUT2D eigenvalue weighted by atomic mass is 10.2. The second kappa shape index (κ2) is 10.1. The van der Waals surface area contributed by atoms with Gasteiger partial charge in [-0.2, -0.15) is 0 Å². The number of aromatic nitrogens is 4. The van der Waals surface area contributed by atoms with Crippen molar-refractivity contribution in [3.8, 4) is 0 Å². The van der Waals surface area contributed by atoms with Crippen molar-refractivity contribution in [3.05, 3.63) is 60.5 Å². The number of aliphatic hydroxyl groups is 2. The molecule has 0 saturated carbocycles. The number of aliphatic imine (C=N–C) groups is 1. The summed E-state index contributed by atoms with van der Waals surface area (Å²) < 4.78 is 6.55. The molecule has 0 spiro atoms. The van der Waals surface area contributed by atoms with Gasteiger partial charge in [0.25, 0.3) is 11.1 Å². The van der Waals surface area contributed by atoms with Gasteiger partial charge in [-0.1, -0.05) is 0 Å². The molecule has 2 aliphatic heterocycles. The van der Waals surface area contributed by atoms with Crippen molar-refractivity contribution in [2.45, 2.75) is 44.1 Å². The van der Waals surface area contributed by atoms with Gasteiger partial charge < -0.3 is 25.3 Å². The van der Waals surface area contributed by atoms with Crippen molar-refractivity contribution >= 4 is 23.9 Å². The van der Waals surface area contributed by atoms with E-state index in [0.717, 1.165) is 10.6 Å². The van der Waals surface area contributed by atoms with Crippen LogP contribution in [0.1, 0.15) is 36.2 Å². The molecule has 2 aliphatic rings. The van der Waals surface area contributed by atoms with Crippen LogP contribution in [-0.4, -0.2) is 67.2 Å². The normalized spacial score (nSPS) is 21.3. The first-order chi connectivity index (χ1) is 16.4. The summed E-state index contributed by atoms with van der Waals surface area (Å²) in [5.74, 6) is 0.0735. The number of carbonyl (C=O) groups is 1. The van der Waals surface area contributed by atoms with Gasteiger partial charge in [0, 0.05) is 44.3 Å². The fourth-order valence-electron chi connectivity index (χ4n) is 3.76. The highest BCUT2D eigenvalue weighted by atomic mass is 16.5. The molecule has 180 valence electrons. The lowest BCUT2D eigenvalue weighted by Crippen LogP contribution is -2.33. The van der Waals surface area contributed by atoms with E-state index in [1.807, 2.05) is 0 Å². The van der Waals surface area contributed by atoms with Gasteiger partial charge in [-0.3, -0.25) is 28.9 Å². The van der Waals surface area contributed by atoms with Crippen molar-refractivity contribution in [2.24, 2.45) is 4.99 Å². The number of aryl methyl sites for hydroxylation is 1. The molecule has 3 atom stereocenters. The number of ether oxygens (including phenoxy) is 1. The van der Waals surface area contributed by atoms with E-state index in [0.29, 0.717) is 43.0 Å². The average molecular weight is 472 g/mol. The third-order valence-electron chi connectivity index (χ3n) is 5.51. The molecular weight excluding hydrogens is 448 g/mol. The van der Waals surface area contributed by atoms with Crippen LogP contribution < -0.4 is 22.1 Å². The Bertz CT molecular complexity index is 1310. The Balaban J connectivity index is 1.32. The molecule has 4 rings (SSSR count). The Kier molecular flexibility index (Phi) is 6.95. The molecule has 1 saturated heterocycles. The van der Waals surface area contributed by atoms with Gasteiger partial charge in [0.15, 0.2) is 0 Å². The van der Waals surface area contributed by atoms with Crippen LogP contribution in [0.2, 0.25) is 0 Å². The average Bonchev–Trinajstić information content (AvgIpc) is 3.42. The molecule has 2 aromatic rings. The van der Waals surface area contributed by atoms with E-state index >= 15 is 0 Å². The summed E-state index contributed by atoms with van der Waals surface area (Å²) >= 11 is 0. The summed E-state index contributed by atoms with van der Waals surface area (Å²) in [5, 5.41) is 21.8. The van der Waals surface area contributed by atoms with Gasteiger partial charge in [-0.05, 0) is 12.5 Å². The first kappa shape index (κ1) is 23.5. The number of carbonyl (C=O) groups excluding carboxylic acids is 1. The molecule has 4 heterocycles. The first-order valence-electron chi connectivity index (χ1n) is 10.8. The number of fused-ring (bicyclic) bond motifs is 1. The molecule has 0 bridgehead atoms. The SMILES string of the molecule is O=C(/C=C/c1cn([C@H]2CC(O)[C@@H](CO)O2)c(=O)[nH]c1=O)NCCCc1nc2c(c(=O)[nH]1)N=CC2. The Hall–Kier alpha value is -3.68. The zero-order valence-electron chi connectivity index (χ0n) is 18.1. The van der Waals surface area contributed by atoms with Gasteiger partial charge in [0.05, 0.1) is 24.0 Å². The third-order valence-corrected chi connectivity index (χ3v) is 5.51. The molecule has 1 amide bonds. The minimum Gasteiger partial charge on any atom is -0.394 e. The van der Waals surface area contributed by atoms with Crippen molar-refractivity contribution in [1.82, 2.24) is 24.8 Å². The Morgan fingerprint density at radius 2 is 2.12 bits per heavy atom. The summed E-state index contributed by atoms with van der Waals surface area (Å²) in [6.07, 6.45) is 4.24. The van der Waals surface area contributed by atoms with Gasteiger partial charge in [-0.25, -0.2) is 9.78 Å². The number of hydrogen-bond acceptors (Lipinski definition) is 9. The standard InChI is InChI=1S/C21H24N6O7/c28-10-14-13(29)8-17(34-14)27-9-11(19(31)26-21(27)33)3-4-16(30)22-6-1-2-15-24-12-5-7-23-18(12)20(32)25-15/h3-4,7,9,13-14,17,28-29H,1-2,5-6,8,10H2,(H,22,30)(H,24,25,32)(H,26,31,33)/b4-3+/t13?,14-,17-/m1/s1. The van der Waals surface area contributed by atoms with Crippen LogP contribution in [0.3, 0.4) is 0 Å². The Morgan fingerprint density at radius 1 is 1.29 bits per heavy atom. The zero-order valence-corrected chi connectivity index (χ0v) is 18.1. The van der Waals surface area contributed by atoms with Crippen molar-refractivity contribution < 1.29 is 19.7 Å². The Labute approximate surface area is 191 Å². The van der Waals surface area contributed by atoms with Crippen LogP contribution in [0.25, 0.3) is 6.08 Å². The predicted octanol–water partition coefficient (Wildman–Crippen LogP) is -1.72. The maximum Gasteiger partial charge on any atom is 0.330 e. The fraction of sp³-hybridized carbons (Fsp3) is 0.429. The fourth-order valence-corrected chi connectivity index (χ4v) is 3.76. The molecular formula is C21H24N6O7. The van der Waals surface area contributed by atoms with Crippen molar-refractivity contribution in [1.29, 1.82) is 0 Å². The highest BCUT2D eigenvalue weighted by Crippen LogP contribution is 2.27. The van der Waals surface area contributed by atoms with Gasteiger partial charge in [0.1, 0.15) is 23.8 Å². The molecule has 1 unspecified atom stereocenters. The quantitative estimate of drug-likeness (QED) is 0.221. The maximum atomic E-state index is 12.1. The number of hydrogen-bond donors (Lipinski definition) is 5. The van der Waals surface area contributed by atoms with Crippen LogP contribution in [0, 0.1) is 0 Å². The Morgan fingerprint density at radius 3 is 2.88 bits per heavy atom. The van der Waals surface area contributed by atoms with Crippen LogP contribution in [0.5, 0.6) is 0 Å². The maximum absolute atomic E-state index is 12.1. The van der Waals surface area contributed by atoms with Gasteiger partial charge in [0.2, 0.25) is 5.91 Å². The van der Waals surface area contributed by atoms with E-state index in [4.69, 9.17) is 4.74 Å². The highest BCUT2D eigenvalue weighted by Gasteiger charge is 2.35. The number of aliphatic hydroxyl groups excluding tert-OH is 2. The van der Waals surface area contributed by atoms with Crippen LogP contribution in [0.15, 0.2) is 31.6 Å². The minimum atomic E-state index is -0.947. The lowest BCUT2D eigenvalue weighted by Gasteiger charge is -2.14. The number of aromatic amines is 2. The zero-order chi connectivity index (χ0) is 24.2. The van der Waals surface area contributed by atoms with E-state index < -0.39 is 42.2 Å². The highest BCUT2D eigenvalue weighted by molar-refractivity contribution is 5.91. The van der Waals surface area contributed by atoms with E-state index in [1.165, 1.54) is 12.3 Å². The molecule has 1 fully saturated rings. The van der Waals surface area contributed by atoms with Gasteiger partial charge in [-0.15, -0.1) is 0 Å².